The van der Waals surface area contributed by atoms with Gasteiger partial charge in [0.25, 0.3) is 5.91 Å². The summed E-state index contributed by atoms with van der Waals surface area (Å²) in [6, 6.07) is 6.98. The van der Waals surface area contributed by atoms with Gasteiger partial charge in [-0.25, -0.2) is 0 Å². The normalized spacial score (nSPS) is 36.9. The van der Waals surface area contributed by atoms with E-state index in [-0.39, 0.29) is 51.0 Å². The Morgan fingerprint density at radius 1 is 0.857 bits per heavy atom. The van der Waals surface area contributed by atoms with Crippen molar-refractivity contribution < 1.29 is 14.4 Å². The van der Waals surface area contributed by atoms with Crippen LogP contribution in [0.5, 0.6) is 0 Å². The number of nitrogens with zero attached hydrogens (tertiary/aromatic N) is 2. The van der Waals surface area contributed by atoms with Crippen molar-refractivity contribution in [1.29, 1.82) is 0 Å². The number of fused-ring (bicyclic) bond motifs is 5. The minimum Gasteiger partial charge on any atom is -0.339 e. The van der Waals surface area contributed by atoms with E-state index < -0.39 is 0 Å². The Kier molecular flexibility index (Phi) is 4.66. The van der Waals surface area contributed by atoms with Crippen molar-refractivity contribution in [2.45, 2.75) is 35.3 Å². The van der Waals surface area contributed by atoms with Crippen LogP contribution in [0.15, 0.2) is 24.3 Å². The Balaban J connectivity index is 1.38. The first-order chi connectivity index (χ1) is 13.5. The fraction of sp³-hybridized carbons (Fsp3) is 0.571. The molecule has 4 aliphatic rings. The standard InChI is InChI=1S/C21H22Br2N2O3/c22-17-13-10-14(18(17)23)16-15(13)20(27)25(21(16)28)12-6-4-11(5-7-12)19(26)24-8-2-1-3-9-24/h4-7,13-18H,1-3,8-10H2/t13-,14-,15-,16+,17+,18+/m1/s1. The van der Waals surface area contributed by atoms with E-state index in [1.165, 1.54) is 11.3 Å². The van der Waals surface area contributed by atoms with Crippen molar-refractivity contribution in [2.75, 3.05) is 18.0 Å². The molecule has 0 spiro atoms. The van der Waals surface area contributed by atoms with E-state index in [4.69, 9.17) is 0 Å². The van der Waals surface area contributed by atoms with Crippen LogP contribution in [0.3, 0.4) is 0 Å². The SMILES string of the molecule is O=C(c1ccc(N2C(=O)[C@@H]3[C@H]4C[C@@H]([C@H](Br)[C@H]4Br)[C@@H]3C2=O)cc1)N1CCCCC1. The topological polar surface area (TPSA) is 57.7 Å². The smallest absolute Gasteiger partial charge is 0.253 e. The number of hydrogen-bond donors (Lipinski definition) is 0. The van der Waals surface area contributed by atoms with Crippen LogP contribution in [0.2, 0.25) is 0 Å². The molecule has 5 nitrogen and oxygen atoms in total. The van der Waals surface area contributed by atoms with Crippen molar-refractivity contribution in [1.82, 2.24) is 4.90 Å². The van der Waals surface area contributed by atoms with Crippen molar-refractivity contribution >= 4 is 55.3 Å². The maximum Gasteiger partial charge on any atom is 0.253 e. The lowest BCUT2D eigenvalue weighted by Gasteiger charge is -2.28. The summed E-state index contributed by atoms with van der Waals surface area (Å²) in [5, 5.41) is 0. The molecule has 3 amide bonds. The van der Waals surface area contributed by atoms with Crippen LogP contribution in [0.25, 0.3) is 0 Å². The molecule has 1 aromatic carbocycles. The lowest BCUT2D eigenvalue weighted by Crippen LogP contribution is -2.37. The van der Waals surface area contributed by atoms with Crippen molar-refractivity contribution in [3.05, 3.63) is 29.8 Å². The molecule has 2 aliphatic heterocycles. The molecule has 4 fully saturated rings. The number of piperidine rings is 1. The van der Waals surface area contributed by atoms with Gasteiger partial charge in [-0.3, -0.25) is 19.3 Å². The van der Waals surface area contributed by atoms with Crippen LogP contribution < -0.4 is 4.90 Å². The zero-order valence-electron chi connectivity index (χ0n) is 15.4. The second-order valence-electron chi connectivity index (χ2n) is 8.42. The summed E-state index contributed by atoms with van der Waals surface area (Å²) in [4.78, 5) is 42.6. The molecule has 6 atom stereocenters. The van der Waals surface area contributed by atoms with Gasteiger partial charge in [-0.1, -0.05) is 31.9 Å². The molecule has 7 heteroatoms. The maximum atomic E-state index is 13.1. The lowest BCUT2D eigenvalue weighted by atomic mass is 9.81. The van der Waals surface area contributed by atoms with E-state index in [1.54, 1.807) is 24.3 Å². The van der Waals surface area contributed by atoms with Gasteiger partial charge in [-0.15, -0.1) is 0 Å². The van der Waals surface area contributed by atoms with Crippen molar-refractivity contribution in [2.24, 2.45) is 23.7 Å². The molecule has 2 heterocycles. The van der Waals surface area contributed by atoms with Crippen LogP contribution in [0.4, 0.5) is 5.69 Å². The Bertz CT molecular complexity index is 805. The summed E-state index contributed by atoms with van der Waals surface area (Å²) in [5.74, 6) is -0.148. The van der Waals surface area contributed by atoms with E-state index in [0.29, 0.717) is 11.3 Å². The van der Waals surface area contributed by atoms with Gasteiger partial charge in [0, 0.05) is 28.3 Å². The molecule has 0 unspecified atom stereocenters. The van der Waals surface area contributed by atoms with Gasteiger partial charge in [-0.05, 0) is 61.8 Å². The highest BCUT2D eigenvalue weighted by Gasteiger charge is 2.66. The minimum atomic E-state index is -0.217. The fourth-order valence-electron chi connectivity index (χ4n) is 5.64. The van der Waals surface area contributed by atoms with Gasteiger partial charge in [0.05, 0.1) is 17.5 Å². The van der Waals surface area contributed by atoms with Crippen LogP contribution >= 0.6 is 31.9 Å². The molecule has 0 radical (unpaired) electrons. The number of anilines is 1. The first-order valence-corrected chi connectivity index (χ1v) is 11.9. The van der Waals surface area contributed by atoms with E-state index in [2.05, 4.69) is 31.9 Å². The van der Waals surface area contributed by atoms with E-state index in [0.717, 1.165) is 32.4 Å². The average molecular weight is 510 g/mol. The van der Waals surface area contributed by atoms with E-state index >= 15 is 0 Å². The monoisotopic (exact) mass is 508 g/mol. The van der Waals surface area contributed by atoms with E-state index in [9.17, 15) is 14.4 Å². The predicted molar refractivity (Wildman–Crippen MR) is 113 cm³/mol. The Hall–Kier alpha value is -1.21. The third-order valence-electron chi connectivity index (χ3n) is 7.00. The fourth-order valence-corrected chi connectivity index (χ4v) is 7.51. The molecule has 0 aromatic heterocycles. The third kappa shape index (κ3) is 2.65. The summed E-state index contributed by atoms with van der Waals surface area (Å²) >= 11 is 7.43. The summed E-state index contributed by atoms with van der Waals surface area (Å²) in [6.07, 6.45) is 4.20. The van der Waals surface area contributed by atoms with Gasteiger partial charge in [0.15, 0.2) is 0 Å². The van der Waals surface area contributed by atoms with Gasteiger partial charge in [-0.2, -0.15) is 0 Å². The molecule has 28 heavy (non-hydrogen) atoms. The quantitative estimate of drug-likeness (QED) is 0.452. The molecular weight excluding hydrogens is 488 g/mol. The predicted octanol–water partition coefficient (Wildman–Crippen LogP) is 3.60. The van der Waals surface area contributed by atoms with Gasteiger partial charge < -0.3 is 4.90 Å². The number of likely N-dealkylation sites (tertiary alicyclic amines) is 1. The van der Waals surface area contributed by atoms with Gasteiger partial charge >= 0.3 is 0 Å². The summed E-state index contributed by atoms with van der Waals surface area (Å²) in [7, 11) is 0. The summed E-state index contributed by atoms with van der Waals surface area (Å²) in [5.41, 5.74) is 1.20. The third-order valence-corrected chi connectivity index (χ3v) is 10.2. The molecule has 2 aliphatic carbocycles. The lowest BCUT2D eigenvalue weighted by molar-refractivity contribution is -0.123. The maximum absolute atomic E-state index is 13.1. The second-order valence-corrected chi connectivity index (χ2v) is 10.5. The van der Waals surface area contributed by atoms with Crippen LogP contribution in [-0.4, -0.2) is 45.4 Å². The largest absolute Gasteiger partial charge is 0.339 e. The zero-order valence-corrected chi connectivity index (χ0v) is 18.6. The first kappa shape index (κ1) is 18.8. The Morgan fingerprint density at radius 2 is 1.39 bits per heavy atom. The highest BCUT2D eigenvalue weighted by atomic mass is 79.9. The number of imide groups is 1. The highest BCUT2D eigenvalue weighted by molar-refractivity contribution is 9.12. The number of rotatable bonds is 2. The average Bonchev–Trinajstić information content (AvgIpc) is 3.33. The number of benzene rings is 1. The molecule has 1 aromatic rings. The number of amides is 3. The Labute approximate surface area is 181 Å². The van der Waals surface area contributed by atoms with E-state index in [1.807, 2.05) is 4.90 Å². The molecule has 0 N–H and O–H groups in total. The van der Waals surface area contributed by atoms with Crippen molar-refractivity contribution in [3.63, 3.8) is 0 Å². The minimum absolute atomic E-state index is 0.0319. The molecule has 5 rings (SSSR count). The highest BCUT2D eigenvalue weighted by Crippen LogP contribution is 2.60. The second kappa shape index (κ2) is 6.94. The molecular formula is C21H22Br2N2O3. The number of alkyl halides is 2. The van der Waals surface area contributed by atoms with Crippen LogP contribution in [-0.2, 0) is 9.59 Å². The number of hydrogen-bond acceptors (Lipinski definition) is 3. The van der Waals surface area contributed by atoms with Gasteiger partial charge in [0.1, 0.15) is 0 Å². The number of carbonyl (C=O) groups is 3. The van der Waals surface area contributed by atoms with Crippen LogP contribution in [0.1, 0.15) is 36.0 Å². The summed E-state index contributed by atoms with van der Waals surface area (Å²) < 4.78 is 0. The van der Waals surface area contributed by atoms with Crippen LogP contribution in [0, 0.1) is 23.7 Å². The molecule has 2 saturated carbocycles. The first-order valence-electron chi connectivity index (χ1n) is 10.0. The van der Waals surface area contributed by atoms with Gasteiger partial charge in [0.2, 0.25) is 11.8 Å². The molecule has 2 bridgehead atoms. The molecule has 148 valence electrons. The Morgan fingerprint density at radius 3 is 1.93 bits per heavy atom. The number of carbonyl (C=O) groups excluding carboxylic acids is 3. The summed E-state index contributed by atoms with van der Waals surface area (Å²) in [6.45, 7) is 1.61. The number of halogens is 2. The zero-order chi connectivity index (χ0) is 19.6. The van der Waals surface area contributed by atoms with Crippen molar-refractivity contribution in [3.8, 4) is 0 Å². The molecule has 2 saturated heterocycles.